The molecule has 58 heavy (non-hydrogen) atoms. The number of fused-ring (bicyclic) bond motifs is 3. The van der Waals surface area contributed by atoms with Gasteiger partial charge in [0.25, 0.3) is 0 Å². The van der Waals surface area contributed by atoms with Gasteiger partial charge in [0.05, 0.1) is 25.4 Å². The van der Waals surface area contributed by atoms with Crippen molar-refractivity contribution in [2.45, 2.75) is 60.8 Å². The molecule has 8 nitrogen and oxygen atoms in total. The van der Waals surface area contributed by atoms with Gasteiger partial charge in [0.2, 0.25) is 0 Å². The summed E-state index contributed by atoms with van der Waals surface area (Å²) in [6.45, 7) is 2.66. The van der Waals surface area contributed by atoms with Crippen LogP contribution in [0.3, 0.4) is 0 Å². The lowest BCUT2D eigenvalue weighted by Crippen LogP contribution is -2.61. The maximum absolute atomic E-state index is 14.1. The number of thioether (sulfide) groups is 1. The van der Waals surface area contributed by atoms with Gasteiger partial charge >= 0.3 is 12.1 Å². The van der Waals surface area contributed by atoms with Crippen molar-refractivity contribution in [1.82, 2.24) is 0 Å². The van der Waals surface area contributed by atoms with Gasteiger partial charge in [0, 0.05) is 10.8 Å². The van der Waals surface area contributed by atoms with Crippen molar-refractivity contribution in [3.63, 3.8) is 0 Å². The third-order valence-corrected chi connectivity index (χ3v) is 11.5. The van der Waals surface area contributed by atoms with Crippen LogP contribution < -0.4 is 0 Å². The Morgan fingerprint density at radius 2 is 1.16 bits per heavy atom. The third-order valence-electron chi connectivity index (χ3n) is 10.4. The Morgan fingerprint density at radius 1 is 0.586 bits per heavy atom. The minimum Gasteiger partial charge on any atom is -0.451 e. The van der Waals surface area contributed by atoms with E-state index >= 15 is 0 Å². The molecule has 294 valence electrons. The van der Waals surface area contributed by atoms with E-state index < -0.39 is 42.0 Å². The van der Waals surface area contributed by atoms with Crippen LogP contribution in [0.25, 0.3) is 11.1 Å². The van der Waals surface area contributed by atoms with E-state index in [4.69, 9.17) is 28.4 Å². The topological polar surface area (TPSA) is 89.5 Å². The van der Waals surface area contributed by atoms with Gasteiger partial charge in [-0.1, -0.05) is 157 Å². The number of aryl methyl sites for hydroxylation is 1. The Bertz CT molecular complexity index is 2220. The highest BCUT2D eigenvalue weighted by Crippen LogP contribution is 2.45. The fraction of sp³-hybridized carbons (Fsp3) is 0.224. The van der Waals surface area contributed by atoms with Crippen molar-refractivity contribution in [2.24, 2.45) is 0 Å². The molecular formula is C49H44O8S. The summed E-state index contributed by atoms with van der Waals surface area (Å²) in [5, 5.41) is 0. The first-order valence-electron chi connectivity index (χ1n) is 19.4. The van der Waals surface area contributed by atoms with Crippen molar-refractivity contribution in [3.05, 3.63) is 197 Å². The number of carbonyl (C=O) groups is 2. The van der Waals surface area contributed by atoms with Crippen molar-refractivity contribution in [1.29, 1.82) is 0 Å². The number of carbonyl (C=O) groups excluding carboxylic acids is 2. The van der Waals surface area contributed by atoms with Gasteiger partial charge < -0.3 is 28.4 Å². The number of rotatable bonds is 14. The summed E-state index contributed by atoms with van der Waals surface area (Å²) in [4.78, 5) is 28.9. The fourth-order valence-electron chi connectivity index (χ4n) is 7.45. The zero-order valence-electron chi connectivity index (χ0n) is 32.1. The highest BCUT2D eigenvalue weighted by molar-refractivity contribution is 7.99. The van der Waals surface area contributed by atoms with Gasteiger partial charge in [0.1, 0.15) is 24.3 Å². The van der Waals surface area contributed by atoms with Gasteiger partial charge in [0.15, 0.2) is 12.2 Å². The maximum atomic E-state index is 14.1. The molecule has 1 aliphatic carbocycles. The van der Waals surface area contributed by atoms with Crippen molar-refractivity contribution in [2.75, 3.05) is 13.2 Å². The quantitative estimate of drug-likeness (QED) is 0.100. The first kappa shape index (κ1) is 39.1. The number of ether oxygens (including phenoxy) is 6. The van der Waals surface area contributed by atoms with Crippen LogP contribution in [0.4, 0.5) is 4.79 Å². The molecule has 1 saturated heterocycles. The molecule has 0 spiro atoms. The summed E-state index contributed by atoms with van der Waals surface area (Å²) < 4.78 is 38.5. The molecule has 8 rings (SSSR count). The van der Waals surface area contributed by atoms with E-state index in [2.05, 4.69) is 24.3 Å². The van der Waals surface area contributed by atoms with Gasteiger partial charge in [-0.15, -0.1) is 0 Å². The molecule has 0 saturated carbocycles. The molecular weight excluding hydrogens is 749 g/mol. The average molecular weight is 793 g/mol. The van der Waals surface area contributed by atoms with Crippen LogP contribution >= 0.6 is 11.8 Å². The SMILES string of the molecule is Cc1ccc(SC2OC(COCc3ccccc3)C(OCc3ccccc3)C(OC(=O)OCC3c4ccccc4-c4ccccc43)C2OC(=O)c2ccccc2)cc1. The van der Waals surface area contributed by atoms with Crippen LogP contribution in [0, 0.1) is 6.92 Å². The second-order valence-corrected chi connectivity index (χ2v) is 15.5. The van der Waals surface area contributed by atoms with Crippen LogP contribution in [0.1, 0.15) is 44.1 Å². The lowest BCUT2D eigenvalue weighted by atomic mass is 9.98. The number of hydrogen-bond acceptors (Lipinski definition) is 9. The number of benzene rings is 6. The Morgan fingerprint density at radius 3 is 1.79 bits per heavy atom. The summed E-state index contributed by atoms with van der Waals surface area (Å²) in [6.07, 6.45) is -4.86. The second-order valence-electron chi connectivity index (χ2n) is 14.3. The summed E-state index contributed by atoms with van der Waals surface area (Å²) in [5.41, 5.74) is 6.88. The van der Waals surface area contributed by atoms with E-state index in [0.29, 0.717) is 12.2 Å². The monoisotopic (exact) mass is 792 g/mol. The highest BCUT2D eigenvalue weighted by atomic mass is 32.2. The van der Waals surface area contributed by atoms with Crippen molar-refractivity contribution in [3.8, 4) is 11.1 Å². The van der Waals surface area contributed by atoms with Crippen molar-refractivity contribution < 1.29 is 38.0 Å². The largest absolute Gasteiger partial charge is 0.508 e. The average Bonchev–Trinajstić information content (AvgIpc) is 3.59. The molecule has 1 heterocycles. The number of esters is 1. The standard InChI is InChI=1S/C49H44O8S/c1-33-25-27-37(28-26-33)58-48-46(56-47(50)36-19-9-4-10-20-36)45(57-49(51)54-31-42-40-23-13-11-21-38(40)39-22-12-14-24-41(39)42)44(53-30-35-17-7-3-8-18-35)43(55-48)32-52-29-34-15-5-2-6-16-34/h2-28,42-46,48H,29-32H2,1H3. The van der Waals surface area contributed by atoms with Gasteiger partial charge in [-0.3, -0.25) is 0 Å². The van der Waals surface area contributed by atoms with Crippen LogP contribution in [-0.2, 0) is 41.6 Å². The maximum Gasteiger partial charge on any atom is 0.508 e. The normalized spacial score (nSPS) is 19.8. The van der Waals surface area contributed by atoms with E-state index in [0.717, 1.165) is 43.8 Å². The minimum atomic E-state index is -1.16. The predicted octanol–water partition coefficient (Wildman–Crippen LogP) is 10.2. The lowest BCUT2D eigenvalue weighted by Gasteiger charge is -2.44. The molecule has 9 heteroatoms. The summed E-state index contributed by atoms with van der Waals surface area (Å²) in [7, 11) is 0. The Hall–Kier alpha value is -5.71. The Balaban J connectivity index is 1.12. The molecule has 6 aromatic rings. The predicted molar refractivity (Wildman–Crippen MR) is 222 cm³/mol. The molecule has 6 aromatic carbocycles. The smallest absolute Gasteiger partial charge is 0.451 e. The lowest BCUT2D eigenvalue weighted by molar-refractivity contribution is -0.231. The van der Waals surface area contributed by atoms with Crippen molar-refractivity contribution >= 4 is 23.9 Å². The van der Waals surface area contributed by atoms with Crippen LogP contribution in [0.15, 0.2) is 169 Å². The second kappa shape index (κ2) is 18.7. The van der Waals surface area contributed by atoms with E-state index in [1.54, 1.807) is 24.3 Å². The fourth-order valence-corrected chi connectivity index (χ4v) is 8.56. The van der Waals surface area contributed by atoms with E-state index in [1.807, 2.05) is 122 Å². The van der Waals surface area contributed by atoms with Crippen LogP contribution in [0.5, 0.6) is 0 Å². The molecule has 5 atom stereocenters. The third kappa shape index (κ3) is 9.35. The summed E-state index contributed by atoms with van der Waals surface area (Å²) >= 11 is 1.38. The number of hydrogen-bond donors (Lipinski definition) is 0. The van der Waals surface area contributed by atoms with E-state index in [1.165, 1.54) is 11.8 Å². The summed E-state index contributed by atoms with van der Waals surface area (Å²) in [6, 6.07) is 52.5. The van der Waals surface area contributed by atoms with Gasteiger partial charge in [-0.2, -0.15) is 0 Å². The highest BCUT2D eigenvalue weighted by Gasteiger charge is 2.52. The summed E-state index contributed by atoms with van der Waals surface area (Å²) in [5.74, 6) is -0.777. The molecule has 1 aliphatic heterocycles. The molecule has 5 unspecified atom stereocenters. The zero-order chi connectivity index (χ0) is 39.7. The zero-order valence-corrected chi connectivity index (χ0v) is 32.9. The molecule has 2 aliphatic rings. The molecule has 0 radical (unpaired) electrons. The van der Waals surface area contributed by atoms with Gasteiger partial charge in [-0.25, -0.2) is 9.59 Å². The van der Waals surface area contributed by atoms with Crippen LogP contribution in [0.2, 0.25) is 0 Å². The van der Waals surface area contributed by atoms with E-state index in [9.17, 15) is 9.59 Å². The molecule has 0 aromatic heterocycles. The first-order valence-corrected chi connectivity index (χ1v) is 20.3. The Kier molecular flexibility index (Phi) is 12.6. The molecule has 1 fully saturated rings. The van der Waals surface area contributed by atoms with Gasteiger partial charge in [-0.05, 0) is 64.6 Å². The minimum absolute atomic E-state index is 0.0469. The Labute approximate surface area is 343 Å². The molecule has 0 amide bonds. The van der Waals surface area contributed by atoms with Crippen LogP contribution in [-0.4, -0.2) is 55.2 Å². The first-order chi connectivity index (χ1) is 28.5. The molecule has 0 bridgehead atoms. The molecule has 0 N–H and O–H groups in total. The van der Waals surface area contributed by atoms with E-state index in [-0.39, 0.29) is 25.7 Å².